The number of rotatable bonds is 6. The van der Waals surface area contributed by atoms with Gasteiger partial charge < -0.3 is 4.42 Å². The highest BCUT2D eigenvalue weighted by molar-refractivity contribution is 6.06. The predicted molar refractivity (Wildman–Crippen MR) is 239 cm³/mol. The Morgan fingerprint density at radius 2 is 0.931 bits per heavy atom. The Labute approximate surface area is 338 Å². The topological polar surface area (TPSA) is 38.9 Å². The summed E-state index contributed by atoms with van der Waals surface area (Å²) >= 11 is 0. The molecular formula is C55H38N2O. The van der Waals surface area contributed by atoms with Gasteiger partial charge in [-0.1, -0.05) is 166 Å². The number of fused-ring (bicyclic) bond motifs is 6. The first kappa shape index (κ1) is 33.9. The van der Waals surface area contributed by atoms with Gasteiger partial charge in [-0.05, 0) is 98.1 Å². The van der Waals surface area contributed by atoms with E-state index in [-0.39, 0.29) is 5.41 Å². The van der Waals surface area contributed by atoms with Gasteiger partial charge in [-0.15, -0.1) is 0 Å². The number of hydrogen-bond acceptors (Lipinski definition) is 3. The molecular weight excluding hydrogens is 705 g/mol. The van der Waals surface area contributed by atoms with Crippen LogP contribution in [0.2, 0.25) is 0 Å². The average Bonchev–Trinajstić information content (AvgIpc) is 3.78. The smallest absolute Gasteiger partial charge is 0.160 e. The van der Waals surface area contributed by atoms with Gasteiger partial charge in [-0.3, -0.25) is 0 Å². The molecule has 1 aliphatic rings. The first-order chi connectivity index (χ1) is 28.5. The normalized spacial score (nSPS) is 12.8. The van der Waals surface area contributed by atoms with E-state index < -0.39 is 0 Å². The zero-order chi connectivity index (χ0) is 38.8. The number of para-hydroxylation sites is 1. The van der Waals surface area contributed by atoms with Crippen LogP contribution < -0.4 is 0 Å². The summed E-state index contributed by atoms with van der Waals surface area (Å²) in [6, 6.07) is 69.0. The Hall–Kier alpha value is -7.36. The molecule has 2 heterocycles. The highest BCUT2D eigenvalue weighted by Gasteiger charge is 2.36. The molecule has 0 saturated heterocycles. The van der Waals surface area contributed by atoms with E-state index in [1.807, 2.05) is 18.2 Å². The largest absolute Gasteiger partial charge is 0.456 e. The molecule has 274 valence electrons. The third kappa shape index (κ3) is 5.66. The summed E-state index contributed by atoms with van der Waals surface area (Å²) in [6.07, 6.45) is 0. The van der Waals surface area contributed by atoms with Gasteiger partial charge in [-0.2, -0.15) is 0 Å². The van der Waals surface area contributed by atoms with Crippen molar-refractivity contribution in [3.63, 3.8) is 0 Å². The Bertz CT molecular complexity index is 3180. The Morgan fingerprint density at radius 3 is 1.72 bits per heavy atom. The van der Waals surface area contributed by atoms with Gasteiger partial charge in [0.15, 0.2) is 5.82 Å². The molecule has 3 nitrogen and oxygen atoms in total. The fourth-order valence-electron chi connectivity index (χ4n) is 8.92. The molecule has 0 spiro atoms. The molecule has 0 fully saturated rings. The zero-order valence-corrected chi connectivity index (χ0v) is 32.3. The highest BCUT2D eigenvalue weighted by Crippen LogP contribution is 2.52. The summed E-state index contributed by atoms with van der Waals surface area (Å²) in [5.74, 6) is 0.686. The quantitative estimate of drug-likeness (QED) is 0.170. The van der Waals surface area contributed by atoms with Crippen LogP contribution in [0.25, 0.3) is 100 Å². The van der Waals surface area contributed by atoms with Crippen molar-refractivity contribution < 1.29 is 4.42 Å². The maximum Gasteiger partial charge on any atom is 0.160 e. The van der Waals surface area contributed by atoms with Crippen molar-refractivity contribution in [3.05, 3.63) is 205 Å². The minimum Gasteiger partial charge on any atom is -0.456 e. The predicted octanol–water partition coefficient (Wildman–Crippen LogP) is 14.7. The molecule has 0 amide bonds. The van der Waals surface area contributed by atoms with Gasteiger partial charge in [0, 0.05) is 32.9 Å². The highest BCUT2D eigenvalue weighted by atomic mass is 16.3. The molecule has 8 aromatic carbocycles. The number of aromatic nitrogens is 2. The van der Waals surface area contributed by atoms with Crippen LogP contribution in [0.4, 0.5) is 0 Å². The van der Waals surface area contributed by atoms with Crippen LogP contribution in [0, 0.1) is 0 Å². The number of nitrogens with zero attached hydrogens (tertiary/aromatic N) is 2. The van der Waals surface area contributed by atoms with Gasteiger partial charge in [-0.25, -0.2) is 9.97 Å². The van der Waals surface area contributed by atoms with Crippen LogP contribution in [0.5, 0.6) is 0 Å². The van der Waals surface area contributed by atoms with Crippen LogP contribution in [-0.2, 0) is 5.41 Å². The summed E-state index contributed by atoms with van der Waals surface area (Å²) in [5.41, 5.74) is 18.8. The van der Waals surface area contributed by atoms with Crippen molar-refractivity contribution in [2.75, 3.05) is 0 Å². The third-order valence-electron chi connectivity index (χ3n) is 11.9. The van der Waals surface area contributed by atoms with Gasteiger partial charge in [0.05, 0.1) is 11.4 Å². The third-order valence-corrected chi connectivity index (χ3v) is 11.9. The molecule has 3 heteroatoms. The fraction of sp³-hybridized carbons (Fsp3) is 0.0545. The molecule has 1 aliphatic carbocycles. The lowest BCUT2D eigenvalue weighted by molar-refractivity contribution is 0.660. The molecule has 58 heavy (non-hydrogen) atoms. The lowest BCUT2D eigenvalue weighted by atomic mass is 9.82. The number of benzene rings is 8. The standard InChI is InChI=1S/C55H38N2O/c1-55(2)47-21-11-9-19-45(47)53-43(20-13-22-48(53)55)36-24-26-38(27-25-36)54-56-49(37-16-7-4-8-17-37)34-50(57-54)42-31-40(35-14-5-3-6-15-35)30-41(32-42)39-28-29-52-46(33-39)44-18-10-12-23-51(44)58-52/h3-34H,1-2H3. The monoisotopic (exact) mass is 742 g/mol. The Morgan fingerprint density at radius 1 is 0.362 bits per heavy atom. The maximum atomic E-state index is 6.20. The second-order valence-electron chi connectivity index (χ2n) is 15.8. The number of furan rings is 1. The van der Waals surface area contributed by atoms with E-state index in [2.05, 4.69) is 190 Å². The van der Waals surface area contributed by atoms with E-state index in [9.17, 15) is 0 Å². The fourth-order valence-corrected chi connectivity index (χ4v) is 8.92. The summed E-state index contributed by atoms with van der Waals surface area (Å²) < 4.78 is 6.20. The molecule has 10 aromatic rings. The van der Waals surface area contributed by atoms with Crippen LogP contribution in [0.3, 0.4) is 0 Å². The average molecular weight is 743 g/mol. The van der Waals surface area contributed by atoms with Crippen LogP contribution in [0.1, 0.15) is 25.0 Å². The van der Waals surface area contributed by atoms with Crippen molar-refractivity contribution in [2.24, 2.45) is 0 Å². The molecule has 2 aromatic heterocycles. The minimum atomic E-state index is -0.0535. The maximum absolute atomic E-state index is 6.20. The van der Waals surface area contributed by atoms with E-state index in [0.717, 1.165) is 72.3 Å². The lowest BCUT2D eigenvalue weighted by Crippen LogP contribution is -2.14. The second kappa shape index (κ2) is 13.4. The van der Waals surface area contributed by atoms with E-state index in [0.29, 0.717) is 5.82 Å². The molecule has 0 unspecified atom stereocenters. The molecule has 0 atom stereocenters. The van der Waals surface area contributed by atoms with Gasteiger partial charge in [0.25, 0.3) is 0 Å². The lowest BCUT2D eigenvalue weighted by Gasteiger charge is -2.21. The van der Waals surface area contributed by atoms with Gasteiger partial charge >= 0.3 is 0 Å². The Kier molecular flexibility index (Phi) is 7.84. The van der Waals surface area contributed by atoms with Crippen LogP contribution >= 0.6 is 0 Å². The first-order valence-electron chi connectivity index (χ1n) is 19.9. The van der Waals surface area contributed by atoms with Crippen molar-refractivity contribution in [1.82, 2.24) is 9.97 Å². The van der Waals surface area contributed by atoms with Gasteiger partial charge in [0.1, 0.15) is 11.2 Å². The molecule has 0 N–H and O–H groups in total. The molecule has 0 saturated carbocycles. The summed E-state index contributed by atoms with van der Waals surface area (Å²) in [5, 5.41) is 2.22. The van der Waals surface area contributed by atoms with Crippen LogP contribution in [0.15, 0.2) is 199 Å². The van der Waals surface area contributed by atoms with Crippen molar-refractivity contribution in [1.29, 1.82) is 0 Å². The first-order valence-corrected chi connectivity index (χ1v) is 19.9. The summed E-state index contributed by atoms with van der Waals surface area (Å²) in [7, 11) is 0. The molecule has 0 bridgehead atoms. The zero-order valence-electron chi connectivity index (χ0n) is 32.3. The minimum absolute atomic E-state index is 0.0535. The summed E-state index contributed by atoms with van der Waals surface area (Å²) in [4.78, 5) is 10.5. The van der Waals surface area contributed by atoms with Crippen molar-refractivity contribution in [2.45, 2.75) is 19.3 Å². The van der Waals surface area contributed by atoms with Gasteiger partial charge in [0.2, 0.25) is 0 Å². The SMILES string of the molecule is CC1(C)c2ccccc2-c2c(-c3ccc(-c4nc(-c5ccccc5)cc(-c5cc(-c6ccccc6)cc(-c6ccc7oc8ccccc8c7c6)c5)n4)cc3)cccc21. The second-order valence-corrected chi connectivity index (χ2v) is 15.8. The summed E-state index contributed by atoms with van der Waals surface area (Å²) in [6.45, 7) is 4.66. The molecule has 0 aliphatic heterocycles. The van der Waals surface area contributed by atoms with E-state index in [1.54, 1.807) is 0 Å². The van der Waals surface area contributed by atoms with E-state index >= 15 is 0 Å². The van der Waals surface area contributed by atoms with E-state index in [1.165, 1.54) is 33.4 Å². The Balaban J connectivity index is 1.05. The molecule has 11 rings (SSSR count). The van der Waals surface area contributed by atoms with Crippen molar-refractivity contribution in [3.8, 4) is 78.4 Å². The van der Waals surface area contributed by atoms with Crippen LogP contribution in [-0.4, -0.2) is 9.97 Å². The van der Waals surface area contributed by atoms with Crippen molar-refractivity contribution >= 4 is 21.9 Å². The molecule has 0 radical (unpaired) electrons. The number of hydrogen-bond donors (Lipinski definition) is 0. The van der Waals surface area contributed by atoms with E-state index in [4.69, 9.17) is 14.4 Å².